The van der Waals surface area contributed by atoms with Gasteiger partial charge in [-0.25, -0.2) is 14.2 Å². The molecule has 2 aromatic carbocycles. The molecule has 1 aliphatic rings. The monoisotopic (exact) mass is 526 g/mol. The van der Waals surface area contributed by atoms with E-state index in [4.69, 9.17) is 11.6 Å². The number of hydrogen-bond acceptors (Lipinski definition) is 10. The van der Waals surface area contributed by atoms with Crippen molar-refractivity contribution < 1.29 is 4.79 Å². The zero-order valence-corrected chi connectivity index (χ0v) is 20.5. The molecule has 0 aliphatic carbocycles. The van der Waals surface area contributed by atoms with E-state index in [9.17, 15) is 24.2 Å². The van der Waals surface area contributed by atoms with Crippen LogP contribution in [0.2, 0.25) is 5.02 Å². The summed E-state index contributed by atoms with van der Waals surface area (Å²) >= 11 is 5.98. The molecular weight excluding hydrogens is 504 g/mol. The average molecular weight is 527 g/mol. The Kier molecular flexibility index (Phi) is 7.72. The van der Waals surface area contributed by atoms with Crippen molar-refractivity contribution in [1.29, 1.82) is 0 Å². The van der Waals surface area contributed by atoms with Crippen LogP contribution in [0.15, 0.2) is 62.4 Å². The first kappa shape index (κ1) is 25.7. The van der Waals surface area contributed by atoms with E-state index in [0.717, 1.165) is 21.5 Å². The Hall–Kier alpha value is -4.39. The molecule has 192 valence electrons. The standard InChI is InChI=1S/C23H23ClN8O5/c1-14(10-20(33)29-37)32-22(34)28-21(31(23(32)35)12-15-2-4-16(24)5-3-15)27-17-6-7-19-18(11-17)25-13-30(19)9-8-26-36/h2-7,11,14,25H,8-10,12-13H2,1H3,(H,27,28,34)/t14-/m0/s1. The van der Waals surface area contributed by atoms with Gasteiger partial charge in [0.15, 0.2) is 0 Å². The van der Waals surface area contributed by atoms with Crippen LogP contribution in [0, 0.1) is 9.81 Å². The second-order valence-corrected chi connectivity index (χ2v) is 8.87. The third kappa shape index (κ3) is 5.72. The largest absolute Gasteiger partial charge is 0.366 e. The van der Waals surface area contributed by atoms with Gasteiger partial charge in [0.05, 0.1) is 37.6 Å². The van der Waals surface area contributed by atoms with Gasteiger partial charge in [-0.3, -0.25) is 9.36 Å². The number of amides is 1. The van der Waals surface area contributed by atoms with Crippen molar-refractivity contribution in [3.63, 3.8) is 0 Å². The Balaban J connectivity index is 1.72. The Morgan fingerprint density at radius 1 is 1.19 bits per heavy atom. The Morgan fingerprint density at radius 3 is 2.65 bits per heavy atom. The second kappa shape index (κ2) is 11.1. The van der Waals surface area contributed by atoms with Gasteiger partial charge >= 0.3 is 11.4 Å². The lowest BCUT2D eigenvalue weighted by atomic mass is 10.2. The van der Waals surface area contributed by atoms with Crippen molar-refractivity contribution in [2.75, 3.05) is 35.3 Å². The highest BCUT2D eigenvalue weighted by Crippen LogP contribution is 2.34. The topological polar surface area (TPSA) is 160 Å². The zero-order chi connectivity index (χ0) is 26.5. The maximum Gasteiger partial charge on any atom is 0.355 e. The second-order valence-electron chi connectivity index (χ2n) is 8.43. The molecule has 0 saturated heterocycles. The highest BCUT2D eigenvalue weighted by Gasteiger charge is 2.22. The first-order chi connectivity index (χ1) is 17.8. The Labute approximate surface area is 215 Å². The number of nitrogens with one attached hydrogen (secondary N) is 2. The molecule has 0 fully saturated rings. The summed E-state index contributed by atoms with van der Waals surface area (Å²) in [6.07, 6.45) is -0.416. The van der Waals surface area contributed by atoms with Gasteiger partial charge in [-0.05, 0) is 42.8 Å². The number of carbonyl (C=O) groups excluding carboxylic acids is 1. The van der Waals surface area contributed by atoms with Gasteiger partial charge in [-0.1, -0.05) is 28.9 Å². The number of nitrogens with zero attached hydrogens (tertiary/aromatic N) is 6. The molecule has 1 atom stereocenters. The summed E-state index contributed by atoms with van der Waals surface area (Å²) in [7, 11) is 0. The molecule has 1 amide bonds. The molecule has 2 N–H and O–H groups in total. The number of rotatable bonds is 10. The van der Waals surface area contributed by atoms with Gasteiger partial charge in [0.2, 0.25) is 5.95 Å². The van der Waals surface area contributed by atoms with Crippen LogP contribution in [0.1, 0.15) is 24.9 Å². The predicted molar refractivity (Wildman–Crippen MR) is 140 cm³/mol. The number of halogens is 1. The fraction of sp³-hybridized carbons (Fsp3) is 0.304. The van der Waals surface area contributed by atoms with Crippen LogP contribution in [0.5, 0.6) is 0 Å². The lowest BCUT2D eigenvalue weighted by Crippen LogP contribution is -2.44. The van der Waals surface area contributed by atoms with E-state index < -0.39 is 29.7 Å². The van der Waals surface area contributed by atoms with Gasteiger partial charge in [0, 0.05) is 28.5 Å². The first-order valence-electron chi connectivity index (χ1n) is 11.3. The van der Waals surface area contributed by atoms with Crippen molar-refractivity contribution in [3.8, 4) is 0 Å². The van der Waals surface area contributed by atoms with Crippen LogP contribution < -0.4 is 26.9 Å². The molecule has 3 aromatic rings. The molecule has 37 heavy (non-hydrogen) atoms. The predicted octanol–water partition coefficient (Wildman–Crippen LogP) is 3.05. The lowest BCUT2D eigenvalue weighted by molar-refractivity contribution is -0.118. The van der Waals surface area contributed by atoms with Crippen molar-refractivity contribution in [3.05, 3.63) is 83.8 Å². The van der Waals surface area contributed by atoms with Crippen LogP contribution in [0.4, 0.5) is 23.0 Å². The third-order valence-electron chi connectivity index (χ3n) is 5.88. The molecule has 0 spiro atoms. The summed E-state index contributed by atoms with van der Waals surface area (Å²) < 4.78 is 2.09. The maximum atomic E-state index is 13.5. The van der Waals surface area contributed by atoms with Gasteiger partial charge in [-0.15, -0.1) is 4.91 Å². The van der Waals surface area contributed by atoms with Gasteiger partial charge < -0.3 is 15.5 Å². The number of hydrogen-bond donors (Lipinski definition) is 2. The highest BCUT2D eigenvalue weighted by atomic mass is 35.5. The smallest absolute Gasteiger partial charge is 0.355 e. The van der Waals surface area contributed by atoms with Gasteiger partial charge in [0.25, 0.3) is 5.91 Å². The van der Waals surface area contributed by atoms with Gasteiger partial charge in [-0.2, -0.15) is 9.89 Å². The molecule has 13 nitrogen and oxygen atoms in total. The maximum absolute atomic E-state index is 13.5. The Morgan fingerprint density at radius 2 is 1.95 bits per heavy atom. The molecule has 1 aliphatic heterocycles. The molecule has 0 radical (unpaired) electrons. The lowest BCUT2D eigenvalue weighted by Gasteiger charge is -2.19. The average Bonchev–Trinajstić information content (AvgIpc) is 3.28. The fourth-order valence-corrected chi connectivity index (χ4v) is 4.19. The van der Waals surface area contributed by atoms with Crippen LogP contribution in [-0.4, -0.2) is 39.8 Å². The summed E-state index contributed by atoms with van der Waals surface area (Å²) in [6, 6.07) is 11.3. The summed E-state index contributed by atoms with van der Waals surface area (Å²) in [5.74, 6) is -0.984. The number of carbonyl (C=O) groups is 1. The van der Waals surface area contributed by atoms with Crippen molar-refractivity contribution in [2.24, 2.45) is 10.4 Å². The summed E-state index contributed by atoms with van der Waals surface area (Å²) in [4.78, 5) is 64.9. The van der Waals surface area contributed by atoms with E-state index in [0.29, 0.717) is 23.9 Å². The first-order valence-corrected chi connectivity index (χ1v) is 11.7. The minimum Gasteiger partial charge on any atom is -0.366 e. The summed E-state index contributed by atoms with van der Waals surface area (Å²) in [5.41, 5.74) is 1.37. The molecule has 14 heteroatoms. The number of nitroso groups, excluding NO2 is 2. The molecule has 0 bridgehead atoms. The van der Waals surface area contributed by atoms with Crippen LogP contribution in [0.25, 0.3) is 0 Å². The van der Waals surface area contributed by atoms with Crippen LogP contribution >= 0.6 is 11.6 Å². The highest BCUT2D eigenvalue weighted by molar-refractivity contribution is 6.30. The van der Waals surface area contributed by atoms with E-state index in [1.165, 1.54) is 11.5 Å². The zero-order valence-electron chi connectivity index (χ0n) is 19.8. The molecule has 1 aromatic heterocycles. The van der Waals surface area contributed by atoms with E-state index >= 15 is 0 Å². The van der Waals surface area contributed by atoms with Crippen molar-refractivity contribution in [1.82, 2.24) is 14.1 Å². The number of benzene rings is 2. The van der Waals surface area contributed by atoms with Crippen molar-refractivity contribution >= 4 is 40.5 Å². The molecule has 2 heterocycles. The van der Waals surface area contributed by atoms with Crippen LogP contribution in [0.3, 0.4) is 0 Å². The molecule has 4 rings (SSSR count). The van der Waals surface area contributed by atoms with E-state index in [-0.39, 0.29) is 19.0 Å². The van der Waals surface area contributed by atoms with Crippen LogP contribution in [-0.2, 0) is 11.3 Å². The van der Waals surface area contributed by atoms with E-state index in [1.54, 1.807) is 36.4 Å². The van der Waals surface area contributed by atoms with Gasteiger partial charge in [0.1, 0.15) is 0 Å². The summed E-state index contributed by atoms with van der Waals surface area (Å²) in [5, 5.41) is 12.0. The summed E-state index contributed by atoms with van der Waals surface area (Å²) in [6.45, 7) is 2.65. The minimum atomic E-state index is -0.978. The molecule has 0 unspecified atom stereocenters. The van der Waals surface area contributed by atoms with E-state index in [2.05, 4.69) is 26.0 Å². The quantitative estimate of drug-likeness (QED) is 0.378. The van der Waals surface area contributed by atoms with Crippen molar-refractivity contribution in [2.45, 2.75) is 25.9 Å². The fourth-order valence-electron chi connectivity index (χ4n) is 4.06. The number of anilines is 4. The number of fused-ring (bicyclic) bond motifs is 1. The molecular formula is C23H23ClN8O5. The molecule has 0 saturated carbocycles. The number of aromatic nitrogens is 3. The van der Waals surface area contributed by atoms with E-state index in [1.807, 2.05) is 11.0 Å². The normalized spacial score (nSPS) is 13.0. The minimum absolute atomic E-state index is 0.00630. The SMILES string of the molecule is C[C@@H](CC(=O)N=O)n1c(=O)nc(Nc2ccc3c(c2)NCN3CCN=O)n(Cc2ccc(Cl)cc2)c1=O. The Bertz CT molecular complexity index is 1450. The third-order valence-corrected chi connectivity index (χ3v) is 6.13.